The fraction of sp³-hybridized carbons (Fsp3) is 0.900. The summed E-state index contributed by atoms with van der Waals surface area (Å²) in [7, 11) is 0. The van der Waals surface area contributed by atoms with Crippen molar-refractivity contribution in [2.45, 2.75) is 41.0 Å². The Kier molecular flexibility index (Phi) is 4.29. The van der Waals surface area contributed by atoms with Gasteiger partial charge in [0.15, 0.2) is 0 Å². The van der Waals surface area contributed by atoms with Gasteiger partial charge >= 0.3 is 5.97 Å². The summed E-state index contributed by atoms with van der Waals surface area (Å²) >= 11 is 0. The molecular weight excluding hydrogens is 152 g/mol. The lowest BCUT2D eigenvalue weighted by Crippen LogP contribution is -2.29. The van der Waals surface area contributed by atoms with Crippen LogP contribution in [0.3, 0.4) is 0 Å². The van der Waals surface area contributed by atoms with Crippen LogP contribution in [0.5, 0.6) is 0 Å². The average molecular weight is 172 g/mol. The minimum Gasteiger partial charge on any atom is -0.466 e. The predicted octanol–water partition coefficient (Wildman–Crippen LogP) is 2.62. The van der Waals surface area contributed by atoms with Gasteiger partial charge in [-0.15, -0.1) is 0 Å². The van der Waals surface area contributed by atoms with Gasteiger partial charge in [-0.05, 0) is 18.8 Å². The Labute approximate surface area is 75.3 Å². The predicted molar refractivity (Wildman–Crippen MR) is 49.9 cm³/mol. The van der Waals surface area contributed by atoms with Gasteiger partial charge in [-0.3, -0.25) is 4.79 Å². The summed E-state index contributed by atoms with van der Waals surface area (Å²) in [6.07, 6.45) is 0.850. The monoisotopic (exact) mass is 172 g/mol. The molecule has 0 spiro atoms. The molecule has 0 amide bonds. The van der Waals surface area contributed by atoms with Crippen molar-refractivity contribution in [2.24, 2.45) is 11.3 Å². The van der Waals surface area contributed by atoms with Crippen LogP contribution in [0.4, 0.5) is 0 Å². The standard InChI is InChI=1S/C10H20O2/c1-6-8(10(3,4)5)9(11)12-7-2/h8H,6-7H2,1-5H3. The highest BCUT2D eigenvalue weighted by Gasteiger charge is 2.30. The van der Waals surface area contributed by atoms with Crippen LogP contribution >= 0.6 is 0 Å². The van der Waals surface area contributed by atoms with Crippen molar-refractivity contribution in [3.05, 3.63) is 0 Å². The van der Waals surface area contributed by atoms with Gasteiger partial charge < -0.3 is 4.74 Å². The van der Waals surface area contributed by atoms with E-state index in [1.54, 1.807) is 0 Å². The SMILES string of the molecule is CCOC(=O)C(CC)C(C)(C)C. The molecule has 0 saturated heterocycles. The first-order valence-electron chi connectivity index (χ1n) is 4.60. The molecule has 0 fully saturated rings. The molecule has 0 aliphatic carbocycles. The lowest BCUT2D eigenvalue weighted by molar-refractivity contribution is -0.152. The number of ether oxygens (including phenoxy) is 1. The summed E-state index contributed by atoms with van der Waals surface area (Å²) in [5.74, 6) is -0.0371. The van der Waals surface area contributed by atoms with E-state index in [0.29, 0.717) is 6.61 Å². The minimum atomic E-state index is -0.0625. The Morgan fingerprint density at radius 3 is 2.08 bits per heavy atom. The molecule has 0 heterocycles. The molecule has 0 aromatic heterocycles. The second-order valence-corrected chi connectivity index (χ2v) is 4.08. The molecule has 0 N–H and O–H groups in total. The van der Waals surface area contributed by atoms with E-state index in [2.05, 4.69) is 20.8 Å². The second-order valence-electron chi connectivity index (χ2n) is 4.08. The van der Waals surface area contributed by atoms with Crippen molar-refractivity contribution in [3.8, 4) is 0 Å². The normalized spacial score (nSPS) is 14.1. The number of hydrogen-bond acceptors (Lipinski definition) is 2. The average Bonchev–Trinajstić information content (AvgIpc) is 1.85. The van der Waals surface area contributed by atoms with Crippen LogP contribution in [0, 0.1) is 11.3 Å². The van der Waals surface area contributed by atoms with Crippen LogP contribution in [0.15, 0.2) is 0 Å². The summed E-state index contributed by atoms with van der Waals surface area (Å²) in [4.78, 5) is 11.4. The van der Waals surface area contributed by atoms with Crippen LogP contribution in [0.2, 0.25) is 0 Å². The van der Waals surface area contributed by atoms with Gasteiger partial charge in [0.1, 0.15) is 0 Å². The molecule has 2 heteroatoms. The van der Waals surface area contributed by atoms with E-state index in [4.69, 9.17) is 4.74 Å². The summed E-state index contributed by atoms with van der Waals surface area (Å²) in [6.45, 7) is 10.5. The molecular formula is C10H20O2. The quantitative estimate of drug-likeness (QED) is 0.612. The van der Waals surface area contributed by atoms with Crippen LogP contribution in [-0.2, 0) is 9.53 Å². The molecule has 0 aromatic carbocycles. The zero-order valence-corrected chi connectivity index (χ0v) is 8.81. The third-order valence-electron chi connectivity index (χ3n) is 2.02. The number of carbonyl (C=O) groups is 1. The van der Waals surface area contributed by atoms with Crippen LogP contribution in [0.25, 0.3) is 0 Å². The zero-order chi connectivity index (χ0) is 9.78. The third-order valence-corrected chi connectivity index (χ3v) is 2.02. The fourth-order valence-corrected chi connectivity index (χ4v) is 1.38. The first-order chi connectivity index (χ1) is 5.43. The molecule has 0 aliphatic heterocycles. The first-order valence-corrected chi connectivity index (χ1v) is 4.60. The summed E-state index contributed by atoms with van der Waals surface area (Å²) < 4.78 is 4.98. The topological polar surface area (TPSA) is 26.3 Å². The van der Waals surface area contributed by atoms with Gasteiger partial charge in [0, 0.05) is 0 Å². The molecule has 0 rings (SSSR count). The number of carbonyl (C=O) groups excluding carboxylic acids is 1. The highest BCUT2D eigenvalue weighted by atomic mass is 16.5. The van der Waals surface area contributed by atoms with Gasteiger partial charge in [0.2, 0.25) is 0 Å². The van der Waals surface area contributed by atoms with Crippen molar-refractivity contribution >= 4 is 5.97 Å². The Morgan fingerprint density at radius 2 is 1.83 bits per heavy atom. The molecule has 72 valence electrons. The van der Waals surface area contributed by atoms with Gasteiger partial charge in [-0.2, -0.15) is 0 Å². The van der Waals surface area contributed by atoms with E-state index in [1.165, 1.54) is 0 Å². The maximum Gasteiger partial charge on any atom is 0.309 e. The van der Waals surface area contributed by atoms with E-state index in [1.807, 2.05) is 13.8 Å². The molecule has 0 radical (unpaired) electrons. The van der Waals surface area contributed by atoms with E-state index in [-0.39, 0.29) is 17.3 Å². The maximum absolute atomic E-state index is 11.4. The van der Waals surface area contributed by atoms with Gasteiger partial charge in [-0.1, -0.05) is 27.7 Å². The van der Waals surface area contributed by atoms with E-state index >= 15 is 0 Å². The Morgan fingerprint density at radius 1 is 1.33 bits per heavy atom. The highest BCUT2D eigenvalue weighted by Crippen LogP contribution is 2.29. The molecule has 0 bridgehead atoms. The summed E-state index contributed by atoms with van der Waals surface area (Å²) in [5.41, 5.74) is 0.0149. The van der Waals surface area contributed by atoms with Crippen molar-refractivity contribution in [3.63, 3.8) is 0 Å². The highest BCUT2D eigenvalue weighted by molar-refractivity contribution is 5.73. The number of rotatable bonds is 3. The molecule has 0 saturated carbocycles. The maximum atomic E-state index is 11.4. The fourth-order valence-electron chi connectivity index (χ4n) is 1.38. The third kappa shape index (κ3) is 3.24. The van der Waals surface area contributed by atoms with E-state index in [9.17, 15) is 4.79 Å². The molecule has 2 nitrogen and oxygen atoms in total. The van der Waals surface area contributed by atoms with Gasteiger partial charge in [-0.25, -0.2) is 0 Å². The number of hydrogen-bond donors (Lipinski definition) is 0. The molecule has 0 aliphatic rings. The lowest BCUT2D eigenvalue weighted by atomic mass is 9.79. The van der Waals surface area contributed by atoms with Crippen LogP contribution < -0.4 is 0 Å². The molecule has 12 heavy (non-hydrogen) atoms. The van der Waals surface area contributed by atoms with E-state index in [0.717, 1.165) is 6.42 Å². The Hall–Kier alpha value is -0.530. The van der Waals surface area contributed by atoms with Crippen molar-refractivity contribution in [1.82, 2.24) is 0 Å². The Balaban J connectivity index is 4.25. The minimum absolute atomic E-state index is 0.0149. The van der Waals surface area contributed by atoms with Crippen LogP contribution in [-0.4, -0.2) is 12.6 Å². The van der Waals surface area contributed by atoms with Gasteiger partial charge in [0.05, 0.1) is 12.5 Å². The summed E-state index contributed by atoms with van der Waals surface area (Å²) in [5, 5.41) is 0. The molecule has 1 unspecified atom stereocenters. The van der Waals surface area contributed by atoms with E-state index < -0.39 is 0 Å². The Bertz CT molecular complexity index is 144. The first kappa shape index (κ1) is 11.5. The smallest absolute Gasteiger partial charge is 0.309 e. The summed E-state index contributed by atoms with van der Waals surface area (Å²) in [6, 6.07) is 0. The lowest BCUT2D eigenvalue weighted by Gasteiger charge is -2.27. The van der Waals surface area contributed by atoms with Crippen LogP contribution in [0.1, 0.15) is 41.0 Å². The molecule has 0 aromatic rings. The second kappa shape index (κ2) is 4.48. The van der Waals surface area contributed by atoms with Crippen molar-refractivity contribution < 1.29 is 9.53 Å². The number of esters is 1. The van der Waals surface area contributed by atoms with Crippen molar-refractivity contribution in [2.75, 3.05) is 6.61 Å². The zero-order valence-electron chi connectivity index (χ0n) is 8.81. The largest absolute Gasteiger partial charge is 0.466 e. The molecule has 1 atom stereocenters. The van der Waals surface area contributed by atoms with Gasteiger partial charge in [0.25, 0.3) is 0 Å². The van der Waals surface area contributed by atoms with Crippen molar-refractivity contribution in [1.29, 1.82) is 0 Å².